The lowest BCUT2D eigenvalue weighted by atomic mass is 10.1. The van der Waals surface area contributed by atoms with Crippen molar-refractivity contribution in [2.24, 2.45) is 0 Å². The van der Waals surface area contributed by atoms with Gasteiger partial charge in [0, 0.05) is 6.04 Å². The Bertz CT molecular complexity index is 242. The number of nitrogens with zero attached hydrogens (tertiary/aromatic N) is 1. The Morgan fingerprint density at radius 3 is 2.59 bits per heavy atom. The van der Waals surface area contributed by atoms with Gasteiger partial charge >= 0.3 is 0 Å². The van der Waals surface area contributed by atoms with Crippen LogP contribution < -0.4 is 5.32 Å². The molecule has 1 aliphatic rings. The molecular formula is C14H28N2O. The molecule has 1 heterocycles. The molecule has 3 unspecified atom stereocenters. The SMILES string of the molecule is CCCCCC(C)N1C(=O)C(C)NC1CCC. The van der Waals surface area contributed by atoms with Crippen LogP contribution in [0.25, 0.3) is 0 Å². The molecule has 0 saturated carbocycles. The van der Waals surface area contributed by atoms with Crippen molar-refractivity contribution in [1.82, 2.24) is 10.2 Å². The van der Waals surface area contributed by atoms with Gasteiger partial charge in [0.2, 0.25) is 5.91 Å². The summed E-state index contributed by atoms with van der Waals surface area (Å²) in [4.78, 5) is 14.2. The molecule has 1 rings (SSSR count). The van der Waals surface area contributed by atoms with E-state index in [9.17, 15) is 4.79 Å². The fraction of sp³-hybridized carbons (Fsp3) is 0.929. The maximum Gasteiger partial charge on any atom is 0.240 e. The van der Waals surface area contributed by atoms with Crippen LogP contribution in [0.1, 0.15) is 66.2 Å². The second-order valence-corrected chi connectivity index (χ2v) is 5.28. The highest BCUT2D eigenvalue weighted by Crippen LogP contribution is 2.21. The topological polar surface area (TPSA) is 32.3 Å². The monoisotopic (exact) mass is 240 g/mol. The van der Waals surface area contributed by atoms with E-state index in [1.54, 1.807) is 0 Å². The summed E-state index contributed by atoms with van der Waals surface area (Å²) in [5.74, 6) is 0.285. The van der Waals surface area contributed by atoms with E-state index in [1.807, 2.05) is 6.92 Å². The second kappa shape index (κ2) is 7.00. The molecule has 1 fully saturated rings. The molecular weight excluding hydrogens is 212 g/mol. The largest absolute Gasteiger partial charge is 0.323 e. The number of unbranched alkanes of at least 4 members (excludes halogenated alkanes) is 2. The lowest BCUT2D eigenvalue weighted by Crippen LogP contribution is -2.43. The van der Waals surface area contributed by atoms with E-state index in [0.29, 0.717) is 6.04 Å². The summed E-state index contributed by atoms with van der Waals surface area (Å²) < 4.78 is 0. The molecule has 0 aromatic rings. The summed E-state index contributed by atoms with van der Waals surface area (Å²) >= 11 is 0. The third-order valence-corrected chi connectivity index (χ3v) is 3.67. The summed E-state index contributed by atoms with van der Waals surface area (Å²) in [7, 11) is 0. The van der Waals surface area contributed by atoms with Gasteiger partial charge in [-0.15, -0.1) is 0 Å². The number of hydrogen-bond donors (Lipinski definition) is 1. The third-order valence-electron chi connectivity index (χ3n) is 3.67. The lowest BCUT2D eigenvalue weighted by Gasteiger charge is -2.30. The van der Waals surface area contributed by atoms with Crippen LogP contribution in [0.2, 0.25) is 0 Å². The van der Waals surface area contributed by atoms with E-state index in [2.05, 4.69) is 31.0 Å². The first-order valence-electron chi connectivity index (χ1n) is 7.20. The Morgan fingerprint density at radius 2 is 2.00 bits per heavy atom. The van der Waals surface area contributed by atoms with Crippen LogP contribution >= 0.6 is 0 Å². The zero-order valence-corrected chi connectivity index (χ0v) is 11.8. The highest BCUT2D eigenvalue weighted by atomic mass is 16.2. The summed E-state index contributed by atoms with van der Waals surface area (Å²) in [6.45, 7) is 8.56. The van der Waals surface area contributed by atoms with Crippen molar-refractivity contribution in [2.45, 2.75) is 84.5 Å². The van der Waals surface area contributed by atoms with Crippen LogP contribution in [-0.4, -0.2) is 29.1 Å². The molecule has 0 radical (unpaired) electrons. The van der Waals surface area contributed by atoms with Crippen LogP contribution in [0.15, 0.2) is 0 Å². The number of carbonyl (C=O) groups is 1. The average molecular weight is 240 g/mol. The molecule has 1 N–H and O–H groups in total. The molecule has 3 atom stereocenters. The van der Waals surface area contributed by atoms with Crippen molar-refractivity contribution in [3.8, 4) is 0 Å². The van der Waals surface area contributed by atoms with E-state index in [4.69, 9.17) is 0 Å². The molecule has 1 saturated heterocycles. The number of amides is 1. The fourth-order valence-corrected chi connectivity index (χ4v) is 2.67. The van der Waals surface area contributed by atoms with Crippen LogP contribution in [0.4, 0.5) is 0 Å². The van der Waals surface area contributed by atoms with Gasteiger partial charge in [-0.2, -0.15) is 0 Å². The smallest absolute Gasteiger partial charge is 0.240 e. The van der Waals surface area contributed by atoms with Gasteiger partial charge in [0.25, 0.3) is 0 Å². The van der Waals surface area contributed by atoms with Gasteiger partial charge in [-0.3, -0.25) is 10.1 Å². The van der Waals surface area contributed by atoms with Crippen molar-refractivity contribution in [3.05, 3.63) is 0 Å². The molecule has 0 bridgehead atoms. The molecule has 1 aliphatic heterocycles. The maximum absolute atomic E-state index is 12.1. The minimum absolute atomic E-state index is 0.000162. The summed E-state index contributed by atoms with van der Waals surface area (Å²) in [6.07, 6.45) is 7.33. The minimum Gasteiger partial charge on any atom is -0.323 e. The lowest BCUT2D eigenvalue weighted by molar-refractivity contribution is -0.131. The molecule has 100 valence electrons. The van der Waals surface area contributed by atoms with Crippen molar-refractivity contribution in [3.63, 3.8) is 0 Å². The van der Waals surface area contributed by atoms with Crippen LogP contribution in [-0.2, 0) is 4.79 Å². The van der Waals surface area contributed by atoms with E-state index < -0.39 is 0 Å². The molecule has 0 spiro atoms. The first kappa shape index (κ1) is 14.5. The zero-order chi connectivity index (χ0) is 12.8. The van der Waals surface area contributed by atoms with Gasteiger partial charge < -0.3 is 4.90 Å². The quantitative estimate of drug-likeness (QED) is 0.694. The Hall–Kier alpha value is -0.570. The Kier molecular flexibility index (Phi) is 5.96. The summed E-state index contributed by atoms with van der Waals surface area (Å²) in [5, 5.41) is 3.40. The Labute approximate surface area is 106 Å². The normalized spacial score (nSPS) is 26.6. The van der Waals surface area contributed by atoms with Gasteiger partial charge in [-0.05, 0) is 26.7 Å². The molecule has 0 aromatic heterocycles. The Morgan fingerprint density at radius 1 is 1.29 bits per heavy atom. The first-order chi connectivity index (χ1) is 8.11. The van der Waals surface area contributed by atoms with Crippen molar-refractivity contribution >= 4 is 5.91 Å². The molecule has 17 heavy (non-hydrogen) atoms. The number of hydrogen-bond acceptors (Lipinski definition) is 2. The van der Waals surface area contributed by atoms with E-state index >= 15 is 0 Å². The zero-order valence-electron chi connectivity index (χ0n) is 11.8. The summed E-state index contributed by atoms with van der Waals surface area (Å²) in [6, 6.07) is 0.378. The van der Waals surface area contributed by atoms with E-state index in [1.165, 1.54) is 19.3 Å². The predicted octanol–water partition coefficient (Wildman–Crippen LogP) is 2.90. The average Bonchev–Trinajstić information content (AvgIpc) is 2.55. The maximum atomic E-state index is 12.1. The standard InChI is InChI=1S/C14H28N2O/c1-5-7-8-10-11(3)16-13(9-6-2)15-12(4)14(16)17/h11-13,15H,5-10H2,1-4H3. The van der Waals surface area contributed by atoms with Gasteiger partial charge in [-0.1, -0.05) is 39.5 Å². The minimum atomic E-state index is 0.000162. The van der Waals surface area contributed by atoms with Gasteiger partial charge in [0.15, 0.2) is 0 Å². The third kappa shape index (κ3) is 3.70. The van der Waals surface area contributed by atoms with Crippen LogP contribution in [0, 0.1) is 0 Å². The van der Waals surface area contributed by atoms with E-state index in [0.717, 1.165) is 19.3 Å². The number of nitrogens with one attached hydrogen (secondary N) is 1. The van der Waals surface area contributed by atoms with Crippen LogP contribution in [0.5, 0.6) is 0 Å². The molecule has 0 aromatic carbocycles. The van der Waals surface area contributed by atoms with Crippen molar-refractivity contribution in [1.29, 1.82) is 0 Å². The Balaban J connectivity index is 2.54. The first-order valence-corrected chi connectivity index (χ1v) is 7.20. The van der Waals surface area contributed by atoms with Crippen molar-refractivity contribution in [2.75, 3.05) is 0 Å². The van der Waals surface area contributed by atoms with Crippen molar-refractivity contribution < 1.29 is 4.79 Å². The molecule has 1 amide bonds. The van der Waals surface area contributed by atoms with Gasteiger partial charge in [0.05, 0.1) is 12.2 Å². The molecule has 3 nitrogen and oxygen atoms in total. The van der Waals surface area contributed by atoms with E-state index in [-0.39, 0.29) is 18.1 Å². The highest BCUT2D eigenvalue weighted by molar-refractivity contribution is 5.84. The number of rotatable bonds is 7. The van der Waals surface area contributed by atoms with Gasteiger partial charge in [-0.25, -0.2) is 0 Å². The summed E-state index contributed by atoms with van der Waals surface area (Å²) in [5.41, 5.74) is 0. The fourth-order valence-electron chi connectivity index (χ4n) is 2.67. The highest BCUT2D eigenvalue weighted by Gasteiger charge is 2.37. The number of carbonyl (C=O) groups excluding carboxylic acids is 1. The molecule has 3 heteroatoms. The van der Waals surface area contributed by atoms with Gasteiger partial charge in [0.1, 0.15) is 0 Å². The second-order valence-electron chi connectivity index (χ2n) is 5.28. The van der Waals surface area contributed by atoms with Crippen LogP contribution in [0.3, 0.4) is 0 Å². The predicted molar refractivity (Wildman–Crippen MR) is 71.7 cm³/mol. The molecule has 0 aliphatic carbocycles.